The Bertz CT molecular complexity index is 380. The van der Waals surface area contributed by atoms with E-state index in [0.29, 0.717) is 11.5 Å². The lowest BCUT2D eigenvalue weighted by molar-refractivity contribution is 0.343. The first-order valence-electron chi connectivity index (χ1n) is 7.08. The van der Waals surface area contributed by atoms with Crippen LogP contribution in [0.15, 0.2) is 0 Å². The Hall–Kier alpha value is -0.480. The van der Waals surface area contributed by atoms with Gasteiger partial charge in [-0.05, 0) is 39.2 Å². The highest BCUT2D eigenvalue weighted by Gasteiger charge is 2.39. The minimum atomic E-state index is 0.314. The van der Waals surface area contributed by atoms with E-state index in [-0.39, 0.29) is 0 Å². The summed E-state index contributed by atoms with van der Waals surface area (Å²) in [6.45, 7) is 6.78. The molecule has 3 nitrogen and oxygen atoms in total. The molecule has 1 aliphatic carbocycles. The minimum absolute atomic E-state index is 0.314. The molecular formula is C14H25N3S. The molecule has 102 valence electrons. The summed E-state index contributed by atoms with van der Waals surface area (Å²) in [4.78, 5) is 0. The maximum Gasteiger partial charge on any atom is 0.134 e. The molecule has 1 fully saturated rings. The molecule has 0 bridgehead atoms. The summed E-state index contributed by atoms with van der Waals surface area (Å²) >= 11 is 1.82. The standard InChI is InChI=1S/C14H25N3S/c1-10(2)9-14(7-5-6-8-14)13-17-16-12(18-13)11(3)15-4/h10-11,15H,5-9H2,1-4H3. The average molecular weight is 267 g/mol. The van der Waals surface area contributed by atoms with Crippen LogP contribution in [0.3, 0.4) is 0 Å². The summed E-state index contributed by atoms with van der Waals surface area (Å²) in [5.41, 5.74) is 0.331. The average Bonchev–Trinajstić information content (AvgIpc) is 2.96. The van der Waals surface area contributed by atoms with Gasteiger partial charge in [0.15, 0.2) is 0 Å². The fourth-order valence-electron chi connectivity index (χ4n) is 3.09. The van der Waals surface area contributed by atoms with E-state index in [1.54, 1.807) is 0 Å². The predicted molar refractivity (Wildman–Crippen MR) is 77.0 cm³/mol. The Labute approximate surface area is 114 Å². The molecule has 1 saturated carbocycles. The van der Waals surface area contributed by atoms with Crippen LogP contribution in [0.2, 0.25) is 0 Å². The fraction of sp³-hybridized carbons (Fsp3) is 0.857. The van der Waals surface area contributed by atoms with Gasteiger partial charge < -0.3 is 5.32 Å². The minimum Gasteiger partial charge on any atom is -0.311 e. The lowest BCUT2D eigenvalue weighted by atomic mass is 9.79. The van der Waals surface area contributed by atoms with Gasteiger partial charge in [-0.1, -0.05) is 38.0 Å². The molecule has 1 aromatic heterocycles. The SMILES string of the molecule is CNC(C)c1nnc(C2(CC(C)C)CCCC2)s1. The van der Waals surface area contributed by atoms with Gasteiger partial charge in [0, 0.05) is 5.41 Å². The summed E-state index contributed by atoms with van der Waals surface area (Å²) in [6, 6.07) is 0.314. The van der Waals surface area contributed by atoms with Gasteiger partial charge >= 0.3 is 0 Å². The van der Waals surface area contributed by atoms with E-state index >= 15 is 0 Å². The van der Waals surface area contributed by atoms with Crippen LogP contribution < -0.4 is 5.32 Å². The number of nitrogens with one attached hydrogen (secondary N) is 1. The highest BCUT2D eigenvalue weighted by atomic mass is 32.1. The molecule has 4 heteroatoms. The summed E-state index contributed by atoms with van der Waals surface area (Å²) < 4.78 is 0. The smallest absolute Gasteiger partial charge is 0.134 e. The van der Waals surface area contributed by atoms with Crippen LogP contribution in [0, 0.1) is 5.92 Å². The van der Waals surface area contributed by atoms with E-state index in [9.17, 15) is 0 Å². The molecule has 0 aromatic carbocycles. The monoisotopic (exact) mass is 267 g/mol. The molecule has 1 atom stereocenters. The molecule has 0 aliphatic heterocycles. The van der Waals surface area contributed by atoms with Crippen molar-refractivity contribution in [2.75, 3.05) is 7.05 Å². The van der Waals surface area contributed by atoms with Crippen molar-refractivity contribution in [3.8, 4) is 0 Å². The highest BCUT2D eigenvalue weighted by Crippen LogP contribution is 2.46. The lowest BCUT2D eigenvalue weighted by Gasteiger charge is -2.28. The van der Waals surface area contributed by atoms with Crippen LogP contribution in [0.5, 0.6) is 0 Å². The van der Waals surface area contributed by atoms with Crippen molar-refractivity contribution in [1.29, 1.82) is 0 Å². The van der Waals surface area contributed by atoms with Gasteiger partial charge in [-0.25, -0.2) is 0 Å². The van der Waals surface area contributed by atoms with Crippen molar-refractivity contribution in [1.82, 2.24) is 15.5 Å². The van der Waals surface area contributed by atoms with Crippen molar-refractivity contribution in [2.45, 2.75) is 64.3 Å². The van der Waals surface area contributed by atoms with Crippen LogP contribution in [-0.4, -0.2) is 17.2 Å². The zero-order valence-electron chi connectivity index (χ0n) is 12.0. The quantitative estimate of drug-likeness (QED) is 0.884. The second-order valence-corrected chi connectivity index (χ2v) is 7.05. The first-order valence-corrected chi connectivity index (χ1v) is 7.90. The van der Waals surface area contributed by atoms with Crippen LogP contribution >= 0.6 is 11.3 Å². The third kappa shape index (κ3) is 2.75. The molecule has 2 rings (SSSR count). The molecule has 0 spiro atoms. The van der Waals surface area contributed by atoms with Crippen molar-refractivity contribution in [2.24, 2.45) is 5.92 Å². The number of aromatic nitrogens is 2. The third-order valence-corrected chi connectivity index (χ3v) is 5.41. The topological polar surface area (TPSA) is 37.8 Å². The van der Waals surface area contributed by atoms with E-state index in [2.05, 4.69) is 36.3 Å². The Morgan fingerprint density at radius 1 is 1.22 bits per heavy atom. The van der Waals surface area contributed by atoms with Crippen LogP contribution in [0.25, 0.3) is 0 Å². The van der Waals surface area contributed by atoms with Crippen molar-refractivity contribution in [3.63, 3.8) is 0 Å². The molecule has 1 heterocycles. The zero-order chi connectivity index (χ0) is 13.2. The van der Waals surface area contributed by atoms with E-state index in [4.69, 9.17) is 0 Å². The molecule has 1 aliphatic rings. The summed E-state index contributed by atoms with van der Waals surface area (Å²) in [5.74, 6) is 0.733. The van der Waals surface area contributed by atoms with E-state index in [1.807, 2.05) is 18.4 Å². The van der Waals surface area contributed by atoms with Crippen LogP contribution in [0.4, 0.5) is 0 Å². The van der Waals surface area contributed by atoms with E-state index in [0.717, 1.165) is 10.9 Å². The largest absolute Gasteiger partial charge is 0.311 e. The van der Waals surface area contributed by atoms with Gasteiger partial charge in [0.2, 0.25) is 0 Å². The number of hydrogen-bond acceptors (Lipinski definition) is 4. The maximum atomic E-state index is 4.52. The molecule has 0 radical (unpaired) electrons. The summed E-state index contributed by atoms with van der Waals surface area (Å²) in [6.07, 6.45) is 6.56. The van der Waals surface area contributed by atoms with Crippen molar-refractivity contribution >= 4 is 11.3 Å². The summed E-state index contributed by atoms with van der Waals surface area (Å²) in [5, 5.41) is 14.6. The van der Waals surface area contributed by atoms with Gasteiger partial charge in [-0.2, -0.15) is 0 Å². The van der Waals surface area contributed by atoms with Gasteiger partial charge in [0.1, 0.15) is 10.0 Å². The van der Waals surface area contributed by atoms with Crippen molar-refractivity contribution in [3.05, 3.63) is 10.0 Å². The van der Waals surface area contributed by atoms with Gasteiger partial charge in [-0.3, -0.25) is 0 Å². The number of hydrogen-bond donors (Lipinski definition) is 1. The number of rotatable bonds is 5. The normalized spacial score (nSPS) is 20.5. The highest BCUT2D eigenvalue weighted by molar-refractivity contribution is 7.11. The molecule has 1 aromatic rings. The van der Waals surface area contributed by atoms with Crippen LogP contribution in [-0.2, 0) is 5.41 Å². The molecule has 1 N–H and O–H groups in total. The third-order valence-electron chi connectivity index (χ3n) is 4.06. The second-order valence-electron chi connectivity index (χ2n) is 6.04. The Kier molecular flexibility index (Phi) is 4.38. The van der Waals surface area contributed by atoms with Gasteiger partial charge in [-0.15, -0.1) is 10.2 Å². The fourth-order valence-corrected chi connectivity index (χ4v) is 4.25. The Balaban J connectivity index is 2.23. The van der Waals surface area contributed by atoms with Crippen LogP contribution in [0.1, 0.15) is 68.9 Å². The predicted octanol–water partition coefficient (Wildman–Crippen LogP) is 3.68. The first-order chi connectivity index (χ1) is 8.57. The lowest BCUT2D eigenvalue weighted by Crippen LogP contribution is -2.24. The zero-order valence-corrected chi connectivity index (χ0v) is 12.8. The first kappa shape index (κ1) is 13.9. The van der Waals surface area contributed by atoms with E-state index in [1.165, 1.54) is 37.1 Å². The van der Waals surface area contributed by atoms with Gasteiger partial charge in [0.25, 0.3) is 0 Å². The molecular weight excluding hydrogens is 242 g/mol. The van der Waals surface area contributed by atoms with Crippen molar-refractivity contribution < 1.29 is 0 Å². The maximum absolute atomic E-state index is 4.52. The van der Waals surface area contributed by atoms with E-state index < -0.39 is 0 Å². The molecule has 1 unspecified atom stereocenters. The molecule has 0 amide bonds. The van der Waals surface area contributed by atoms with Gasteiger partial charge in [0.05, 0.1) is 6.04 Å². The number of nitrogens with zero attached hydrogens (tertiary/aromatic N) is 2. The summed E-state index contributed by atoms with van der Waals surface area (Å²) in [7, 11) is 1.98. The molecule has 0 saturated heterocycles. The second kappa shape index (κ2) is 5.66. The Morgan fingerprint density at radius 3 is 2.44 bits per heavy atom. The Morgan fingerprint density at radius 2 is 1.89 bits per heavy atom. The molecule has 18 heavy (non-hydrogen) atoms.